The second kappa shape index (κ2) is 28.0. The van der Waals surface area contributed by atoms with Gasteiger partial charge in [0.05, 0.1) is 41.4 Å². The molecule has 5 aromatic rings. The number of imidazole rings is 1. The van der Waals surface area contributed by atoms with Crippen LogP contribution in [-0.2, 0) is 72.6 Å². The number of nitrogens with two attached hydrogens (primary N) is 1. The first-order chi connectivity index (χ1) is 43.2. The number of hydrogen-bond acceptors (Lipinski definition) is 23. The highest BCUT2D eigenvalue weighted by molar-refractivity contribution is 7.86. The van der Waals surface area contributed by atoms with Crippen LogP contribution < -0.4 is 27.2 Å². The number of aliphatic hydroxyl groups excluding tert-OH is 3. The number of aliphatic hydroxyl groups is 3. The van der Waals surface area contributed by atoms with Gasteiger partial charge in [-0.25, -0.2) is 28.9 Å². The molecule has 10 atom stereocenters. The number of H-pyrrole nitrogens is 1. The Bertz CT molecular complexity index is 4140. The molecule has 0 spiro atoms. The second-order valence-corrected chi connectivity index (χ2v) is 29.2. The summed E-state index contributed by atoms with van der Waals surface area (Å²) in [4.78, 5) is 74.1. The zero-order valence-electron chi connectivity index (χ0n) is 50.7. The van der Waals surface area contributed by atoms with Crippen LogP contribution in [-0.4, -0.2) is 172 Å². The smallest absolute Gasteiger partial charge is 0.387 e. The summed E-state index contributed by atoms with van der Waals surface area (Å²) in [5, 5.41) is 35.7. The number of fused-ring (bicyclic) bond motifs is 3. The fourth-order valence-corrected chi connectivity index (χ4v) is 14.5. The first-order valence-corrected chi connectivity index (χ1v) is 35.3. The molecule has 2 unspecified atom stereocenters. The summed E-state index contributed by atoms with van der Waals surface area (Å²) in [5.41, 5.74) is 7.79. The number of ether oxygens (including phenoxy) is 2. The molecular weight excluding hydrogens is 1290 g/mol. The van der Waals surface area contributed by atoms with Gasteiger partial charge in [0.15, 0.2) is 29.6 Å². The normalized spacial score (nSPS) is 24.6. The number of aromatic nitrogens is 6. The Hall–Kier alpha value is -6.27. The zero-order chi connectivity index (χ0) is 66.9. The molecule has 502 valence electrons. The van der Waals surface area contributed by atoms with E-state index in [4.69, 9.17) is 33.3 Å². The summed E-state index contributed by atoms with van der Waals surface area (Å²) >= 11 is 0. The van der Waals surface area contributed by atoms with Crippen LogP contribution in [0, 0.1) is 0 Å². The highest BCUT2D eigenvalue weighted by Crippen LogP contribution is 2.52. The first kappa shape index (κ1) is 70.1. The van der Waals surface area contributed by atoms with E-state index >= 15 is 0 Å². The van der Waals surface area contributed by atoms with Crippen LogP contribution in [0.5, 0.6) is 0 Å². The lowest BCUT2D eigenvalue weighted by Gasteiger charge is -2.25. The number of phosphoric acid groups is 2. The van der Waals surface area contributed by atoms with Gasteiger partial charge >= 0.3 is 21.3 Å². The number of nitrogens with one attached hydrogen (secondary N) is 2. The van der Waals surface area contributed by atoms with Crippen LogP contribution in [0.3, 0.4) is 0 Å². The number of rotatable bonds is 29. The number of benzene rings is 2. The molecule has 4 aliphatic heterocycles. The molecule has 2 fully saturated rings. The number of carbonyl (C=O) groups is 1. The van der Waals surface area contributed by atoms with Gasteiger partial charge in [0.1, 0.15) is 55.0 Å². The number of likely N-dealkylation sites (N-methyl/N-ethyl adjacent to an activating group) is 1. The molecule has 0 bridgehead atoms. The molecule has 2 aromatic carbocycles. The average Bonchev–Trinajstić information content (AvgIpc) is 1.60. The third-order valence-electron chi connectivity index (χ3n) is 16.6. The Morgan fingerprint density at radius 1 is 0.793 bits per heavy atom. The van der Waals surface area contributed by atoms with Crippen molar-refractivity contribution >= 4 is 75.9 Å². The largest absolute Gasteiger partial charge is 0.472 e. The van der Waals surface area contributed by atoms with Crippen LogP contribution in [0.1, 0.15) is 110 Å². The lowest BCUT2D eigenvalue weighted by Crippen LogP contribution is -2.38. The fraction of sp³-hybridized carbons (Fsp3) is 0.518. The van der Waals surface area contributed by atoms with Crippen LogP contribution in [0.4, 0.5) is 17.2 Å². The van der Waals surface area contributed by atoms with Crippen LogP contribution in [0.2, 0.25) is 0 Å². The Morgan fingerprint density at radius 3 is 2.15 bits per heavy atom. The van der Waals surface area contributed by atoms with E-state index in [9.17, 15) is 74.6 Å². The van der Waals surface area contributed by atoms with E-state index in [1.807, 2.05) is 57.8 Å². The molecule has 7 heterocycles. The Morgan fingerprint density at radius 2 is 1.45 bits per heavy atom. The van der Waals surface area contributed by atoms with Gasteiger partial charge in [0.2, 0.25) is 11.6 Å². The molecule has 4 aliphatic rings. The van der Waals surface area contributed by atoms with E-state index in [2.05, 4.69) is 29.7 Å². The number of anilines is 2. The maximum atomic E-state index is 13.5. The zero-order valence-corrected chi connectivity index (χ0v) is 54.1. The van der Waals surface area contributed by atoms with Gasteiger partial charge in [-0.2, -0.15) is 21.4 Å². The standard InChI is InChI=1S/C56H74N10O22P2S2/c1-6-63-37-20-18-33(91(77,78)79)27-35(37)55(2,3)41(63)15-14-16-42-56(4,5)36-28-34(92(80,81)82)19-21-38(36)64(42)24-12-9-10-17-43(67)58-23-11-7-8-13-26-83-89(73,74)84-30-40-49(48(71)53(87-40)66-32-61-45-50(57)59-31-60-51(45)66)88-90(75,76)85-29-39-46(69)47(70)52(86-39)65-25-22-44(68)62-54(65)72/h14-16,18-22,25,27-28,31-32,39-40,46-49,52-53,69-71H,6-13,17,23-24,26,29-30H2,1-5H3,(H7-,57,58,59,60,62,67,68,72,73,74,75,76,77,78,79,80,81,82)/p+1/t39-,40-,46-,47-,48-,49-,52-,53-/m1/s1. The average molecular weight is 1370 g/mol. The van der Waals surface area contributed by atoms with Crippen molar-refractivity contribution in [2.75, 3.05) is 50.1 Å². The van der Waals surface area contributed by atoms with Crippen molar-refractivity contribution in [3.05, 3.63) is 117 Å². The van der Waals surface area contributed by atoms with Gasteiger partial charge in [0.25, 0.3) is 25.8 Å². The summed E-state index contributed by atoms with van der Waals surface area (Å²) in [6.45, 7) is 9.29. The quantitative estimate of drug-likeness (QED) is 0.0142. The highest BCUT2D eigenvalue weighted by Gasteiger charge is 2.52. The van der Waals surface area contributed by atoms with Crippen molar-refractivity contribution in [2.24, 2.45) is 0 Å². The van der Waals surface area contributed by atoms with Crippen molar-refractivity contribution in [3.8, 4) is 0 Å². The number of hydrogen-bond donors (Lipinski definition) is 10. The fourth-order valence-electron chi connectivity index (χ4n) is 11.8. The van der Waals surface area contributed by atoms with Gasteiger partial charge < -0.3 is 50.5 Å². The molecule has 92 heavy (non-hydrogen) atoms. The van der Waals surface area contributed by atoms with Gasteiger partial charge in [-0.1, -0.05) is 32.8 Å². The van der Waals surface area contributed by atoms with Crippen molar-refractivity contribution in [1.29, 1.82) is 0 Å². The Kier molecular flexibility index (Phi) is 21.3. The maximum Gasteiger partial charge on any atom is 0.472 e. The van der Waals surface area contributed by atoms with Gasteiger partial charge in [-0.05, 0) is 88.4 Å². The maximum absolute atomic E-state index is 13.5. The molecule has 32 nitrogen and oxygen atoms in total. The second-order valence-electron chi connectivity index (χ2n) is 23.5. The number of allylic oxidation sites excluding steroid dienone is 4. The van der Waals surface area contributed by atoms with Gasteiger partial charge in [-0.3, -0.25) is 50.9 Å². The monoisotopic (exact) mass is 1370 g/mol. The Labute approximate surface area is 528 Å². The van der Waals surface area contributed by atoms with Gasteiger partial charge in [0, 0.05) is 72.7 Å². The summed E-state index contributed by atoms with van der Waals surface area (Å²) in [6, 6.07) is 10.0. The number of carbonyl (C=O) groups excluding carboxylic acids is 1. The van der Waals surface area contributed by atoms with E-state index in [0.717, 1.165) is 51.5 Å². The van der Waals surface area contributed by atoms with E-state index in [-0.39, 0.29) is 45.7 Å². The highest BCUT2D eigenvalue weighted by atomic mass is 32.2. The van der Waals surface area contributed by atoms with Crippen molar-refractivity contribution in [1.82, 2.24) is 34.4 Å². The summed E-state index contributed by atoms with van der Waals surface area (Å²) < 4.78 is 131. The molecule has 0 radical (unpaired) electrons. The van der Waals surface area contributed by atoms with E-state index < -0.39 is 120 Å². The van der Waals surface area contributed by atoms with Crippen molar-refractivity contribution < 1.29 is 97.1 Å². The predicted molar refractivity (Wildman–Crippen MR) is 328 cm³/mol. The Balaban J connectivity index is 0.727. The van der Waals surface area contributed by atoms with Gasteiger partial charge in [-0.15, -0.1) is 0 Å². The van der Waals surface area contributed by atoms with Crippen molar-refractivity contribution in [2.45, 2.75) is 156 Å². The number of aromatic amines is 1. The summed E-state index contributed by atoms with van der Waals surface area (Å²) in [5.74, 6) is -0.170. The molecule has 3 aromatic heterocycles. The number of phosphoric ester groups is 2. The SMILES string of the molecule is CCN1C(=CC=CC2=[N+](CCCCCC(=O)NCCCCCCOP(=O)(O)OC[C@H]3O[C@@H](n4cnc5c(N)ncnc54)[C@H](O)[C@@H]3OP(=O)(O)OC[C@H]3O[C@@H](n4ccc(=O)[nH]c4=O)[C@H](O)[C@@H]3O)c3ccc(S(=O)(=O)O)cc3C2(C)C)C(C)(C)c2cc(S(=O)(=O)O)ccc21. The molecule has 0 aliphatic carbocycles. The van der Waals surface area contributed by atoms with Crippen LogP contribution in [0.25, 0.3) is 11.2 Å². The van der Waals surface area contributed by atoms with Crippen molar-refractivity contribution in [3.63, 3.8) is 0 Å². The first-order valence-electron chi connectivity index (χ1n) is 29.4. The summed E-state index contributed by atoms with van der Waals surface area (Å²) in [6.07, 6.45) is -0.0934. The predicted octanol–water partition coefficient (Wildman–Crippen LogP) is 3.54. The topological polar surface area (TPSA) is 459 Å². The van der Waals surface area contributed by atoms with E-state index in [0.29, 0.717) is 70.1 Å². The molecule has 0 saturated carbocycles. The number of nitrogens with zero attached hydrogens (tertiary/aromatic N) is 7. The molecule has 36 heteroatoms. The summed E-state index contributed by atoms with van der Waals surface area (Å²) in [7, 11) is -19.1. The van der Waals surface area contributed by atoms with Crippen LogP contribution >= 0.6 is 15.6 Å². The number of nitrogen functional groups attached to an aromatic ring is 1. The van der Waals surface area contributed by atoms with E-state index in [1.165, 1.54) is 35.2 Å². The van der Waals surface area contributed by atoms with Crippen LogP contribution in [0.15, 0.2) is 105 Å². The molecule has 9 rings (SSSR count). The molecule has 1 amide bonds. The minimum Gasteiger partial charge on any atom is -0.387 e. The molecule has 2 saturated heterocycles. The molecule has 11 N–H and O–H groups in total. The lowest BCUT2D eigenvalue weighted by molar-refractivity contribution is -0.438. The third kappa shape index (κ3) is 15.4. The lowest BCUT2D eigenvalue weighted by atomic mass is 9.81. The minimum atomic E-state index is -5.31. The minimum absolute atomic E-state index is 0.0260. The number of amides is 1. The number of unbranched alkanes of at least 4 members (excludes halogenated alkanes) is 5. The third-order valence-corrected chi connectivity index (χ3v) is 20.2. The molecular formula is C56H75N10O22P2S2+. The van der Waals surface area contributed by atoms with E-state index in [1.54, 1.807) is 12.1 Å².